The smallest absolute Gasteiger partial charge is 0.0404 e. The zero-order valence-electron chi connectivity index (χ0n) is 10.7. The van der Waals surface area contributed by atoms with E-state index in [1.165, 1.54) is 36.1 Å². The summed E-state index contributed by atoms with van der Waals surface area (Å²) < 4.78 is 0. The normalized spacial score (nSPS) is 24.7. The van der Waals surface area contributed by atoms with Crippen molar-refractivity contribution in [3.05, 3.63) is 29.3 Å². The van der Waals surface area contributed by atoms with Gasteiger partial charge in [-0.05, 0) is 49.7 Å². The average Bonchev–Trinajstić information content (AvgIpc) is 2.67. The van der Waals surface area contributed by atoms with Crippen LogP contribution in [0.4, 0.5) is 5.69 Å². The molecule has 88 valence electrons. The molecule has 16 heavy (non-hydrogen) atoms. The second kappa shape index (κ2) is 4.90. The third kappa shape index (κ3) is 2.40. The lowest BCUT2D eigenvalue weighted by Crippen LogP contribution is -2.17. The lowest BCUT2D eigenvalue weighted by molar-refractivity contribution is 0.602. The van der Waals surface area contributed by atoms with Gasteiger partial charge >= 0.3 is 0 Å². The Hall–Kier alpha value is -0.980. The monoisotopic (exact) mass is 217 g/mol. The molecule has 1 fully saturated rings. The summed E-state index contributed by atoms with van der Waals surface area (Å²) in [5.74, 6) is 0.895. The Balaban J connectivity index is 2.14. The highest BCUT2D eigenvalue weighted by atomic mass is 14.9. The topological polar surface area (TPSA) is 12.0 Å². The number of anilines is 1. The second-order valence-corrected chi connectivity index (χ2v) is 5.22. The third-order valence-corrected chi connectivity index (χ3v) is 3.78. The van der Waals surface area contributed by atoms with Gasteiger partial charge in [0.25, 0.3) is 0 Å². The van der Waals surface area contributed by atoms with E-state index in [-0.39, 0.29) is 0 Å². The van der Waals surface area contributed by atoms with Gasteiger partial charge in [-0.25, -0.2) is 0 Å². The van der Waals surface area contributed by atoms with E-state index < -0.39 is 0 Å². The molecular formula is C15H23N. The van der Waals surface area contributed by atoms with Gasteiger partial charge in [-0.1, -0.05) is 32.0 Å². The van der Waals surface area contributed by atoms with Crippen LogP contribution in [0.1, 0.15) is 44.2 Å². The SMILES string of the molecule is CCc1cccc(C)c1NC1CCC(C)C1. The van der Waals surface area contributed by atoms with Crippen LogP contribution in [0.3, 0.4) is 0 Å². The van der Waals surface area contributed by atoms with Crippen LogP contribution < -0.4 is 5.32 Å². The minimum atomic E-state index is 0.696. The van der Waals surface area contributed by atoms with Gasteiger partial charge in [-0.15, -0.1) is 0 Å². The zero-order chi connectivity index (χ0) is 11.5. The van der Waals surface area contributed by atoms with Gasteiger partial charge in [0.2, 0.25) is 0 Å². The molecule has 0 bridgehead atoms. The highest BCUT2D eigenvalue weighted by molar-refractivity contribution is 5.57. The van der Waals surface area contributed by atoms with Crippen LogP contribution in [-0.2, 0) is 6.42 Å². The molecule has 1 aliphatic rings. The van der Waals surface area contributed by atoms with Crippen LogP contribution in [-0.4, -0.2) is 6.04 Å². The standard InChI is InChI=1S/C15H23N/c1-4-13-7-5-6-12(3)15(13)16-14-9-8-11(2)10-14/h5-7,11,14,16H,4,8-10H2,1-3H3. The number of nitrogens with one attached hydrogen (secondary N) is 1. The number of aryl methyl sites for hydroxylation is 2. The lowest BCUT2D eigenvalue weighted by atomic mass is 10.0. The van der Waals surface area contributed by atoms with Gasteiger partial charge in [0.05, 0.1) is 0 Å². The number of hydrogen-bond donors (Lipinski definition) is 1. The molecule has 1 N–H and O–H groups in total. The van der Waals surface area contributed by atoms with E-state index in [0.29, 0.717) is 6.04 Å². The summed E-state index contributed by atoms with van der Waals surface area (Å²) in [6.45, 7) is 6.80. The Bertz CT molecular complexity index is 356. The summed E-state index contributed by atoms with van der Waals surface area (Å²) in [5, 5.41) is 3.76. The van der Waals surface area contributed by atoms with E-state index >= 15 is 0 Å². The molecule has 1 aliphatic carbocycles. The Morgan fingerprint density at radius 1 is 1.31 bits per heavy atom. The molecular weight excluding hydrogens is 194 g/mol. The van der Waals surface area contributed by atoms with E-state index in [2.05, 4.69) is 44.3 Å². The molecule has 0 amide bonds. The summed E-state index contributed by atoms with van der Waals surface area (Å²) in [4.78, 5) is 0. The predicted octanol–water partition coefficient (Wildman–Crippen LogP) is 4.16. The van der Waals surface area contributed by atoms with Gasteiger partial charge in [0.1, 0.15) is 0 Å². The van der Waals surface area contributed by atoms with Gasteiger partial charge < -0.3 is 5.32 Å². The molecule has 1 saturated carbocycles. The van der Waals surface area contributed by atoms with Crippen LogP contribution >= 0.6 is 0 Å². The zero-order valence-corrected chi connectivity index (χ0v) is 10.7. The largest absolute Gasteiger partial charge is 0.382 e. The molecule has 2 unspecified atom stereocenters. The van der Waals surface area contributed by atoms with Gasteiger partial charge in [0, 0.05) is 11.7 Å². The summed E-state index contributed by atoms with van der Waals surface area (Å²) in [6, 6.07) is 7.31. The molecule has 2 rings (SSSR count). The van der Waals surface area contributed by atoms with E-state index in [1.54, 1.807) is 0 Å². The number of benzene rings is 1. The van der Waals surface area contributed by atoms with Crippen molar-refractivity contribution in [2.24, 2.45) is 5.92 Å². The first-order valence-corrected chi connectivity index (χ1v) is 6.55. The van der Waals surface area contributed by atoms with E-state index in [1.807, 2.05) is 0 Å². The van der Waals surface area contributed by atoms with Gasteiger partial charge in [-0.2, -0.15) is 0 Å². The summed E-state index contributed by atoms with van der Waals surface area (Å²) in [5.41, 5.74) is 4.24. The second-order valence-electron chi connectivity index (χ2n) is 5.22. The maximum Gasteiger partial charge on any atom is 0.0404 e. The number of para-hydroxylation sites is 1. The molecule has 1 aromatic rings. The predicted molar refractivity (Wildman–Crippen MR) is 71.0 cm³/mol. The fourth-order valence-electron chi connectivity index (χ4n) is 2.77. The Morgan fingerprint density at radius 3 is 2.75 bits per heavy atom. The van der Waals surface area contributed by atoms with Crippen molar-refractivity contribution in [3.63, 3.8) is 0 Å². The third-order valence-electron chi connectivity index (χ3n) is 3.78. The van der Waals surface area contributed by atoms with Crippen molar-refractivity contribution in [1.29, 1.82) is 0 Å². The van der Waals surface area contributed by atoms with Crippen molar-refractivity contribution >= 4 is 5.69 Å². The van der Waals surface area contributed by atoms with Crippen LogP contribution in [0.5, 0.6) is 0 Å². The summed E-state index contributed by atoms with van der Waals surface area (Å²) in [7, 11) is 0. The summed E-state index contributed by atoms with van der Waals surface area (Å²) in [6.07, 6.45) is 5.16. The maximum atomic E-state index is 3.76. The average molecular weight is 217 g/mol. The van der Waals surface area contributed by atoms with Crippen LogP contribution in [0, 0.1) is 12.8 Å². The maximum absolute atomic E-state index is 3.76. The molecule has 1 heteroatoms. The van der Waals surface area contributed by atoms with Gasteiger partial charge in [0.15, 0.2) is 0 Å². The van der Waals surface area contributed by atoms with Crippen molar-refractivity contribution < 1.29 is 0 Å². The van der Waals surface area contributed by atoms with Crippen molar-refractivity contribution in [3.8, 4) is 0 Å². The molecule has 0 aromatic heterocycles. The molecule has 0 spiro atoms. The Labute approximate surface area is 99.3 Å². The highest BCUT2D eigenvalue weighted by Crippen LogP contribution is 2.30. The van der Waals surface area contributed by atoms with Crippen molar-refractivity contribution in [1.82, 2.24) is 0 Å². The van der Waals surface area contributed by atoms with Crippen LogP contribution in [0.25, 0.3) is 0 Å². The minimum Gasteiger partial charge on any atom is -0.382 e. The number of hydrogen-bond acceptors (Lipinski definition) is 1. The first-order chi connectivity index (χ1) is 7.70. The first kappa shape index (κ1) is 11.5. The van der Waals surface area contributed by atoms with Crippen LogP contribution in [0.2, 0.25) is 0 Å². The molecule has 0 heterocycles. The highest BCUT2D eigenvalue weighted by Gasteiger charge is 2.21. The van der Waals surface area contributed by atoms with Crippen molar-refractivity contribution in [2.45, 2.75) is 52.5 Å². The molecule has 0 aliphatic heterocycles. The van der Waals surface area contributed by atoms with Gasteiger partial charge in [-0.3, -0.25) is 0 Å². The lowest BCUT2D eigenvalue weighted by Gasteiger charge is -2.19. The fourth-order valence-corrected chi connectivity index (χ4v) is 2.77. The minimum absolute atomic E-state index is 0.696. The fraction of sp³-hybridized carbons (Fsp3) is 0.600. The summed E-state index contributed by atoms with van der Waals surface area (Å²) >= 11 is 0. The molecule has 2 atom stereocenters. The molecule has 0 saturated heterocycles. The quantitative estimate of drug-likeness (QED) is 0.801. The molecule has 1 nitrogen and oxygen atoms in total. The Kier molecular flexibility index (Phi) is 3.52. The first-order valence-electron chi connectivity index (χ1n) is 6.55. The van der Waals surface area contributed by atoms with E-state index in [4.69, 9.17) is 0 Å². The Morgan fingerprint density at radius 2 is 2.12 bits per heavy atom. The molecule has 1 aromatic carbocycles. The van der Waals surface area contributed by atoms with Crippen molar-refractivity contribution in [2.75, 3.05) is 5.32 Å². The number of rotatable bonds is 3. The van der Waals surface area contributed by atoms with E-state index in [9.17, 15) is 0 Å². The molecule has 0 radical (unpaired) electrons. The van der Waals surface area contributed by atoms with E-state index in [0.717, 1.165) is 12.3 Å². The van der Waals surface area contributed by atoms with Crippen LogP contribution in [0.15, 0.2) is 18.2 Å².